The molecule has 5 rings (SSSR count). The number of hydrogen-bond acceptors (Lipinski definition) is 6. The van der Waals surface area contributed by atoms with E-state index < -0.39 is 0 Å². The van der Waals surface area contributed by atoms with Crippen LogP contribution in [0.3, 0.4) is 0 Å². The van der Waals surface area contributed by atoms with Crippen molar-refractivity contribution in [3.8, 4) is 11.5 Å². The van der Waals surface area contributed by atoms with Gasteiger partial charge in [0.05, 0.1) is 30.0 Å². The minimum atomic E-state index is -0.139. The summed E-state index contributed by atoms with van der Waals surface area (Å²) in [5.74, 6) is 1.27. The summed E-state index contributed by atoms with van der Waals surface area (Å²) in [6.07, 6.45) is 1.96. The fourth-order valence-electron chi connectivity index (χ4n) is 3.90. The monoisotopic (exact) mass is 448 g/mol. The van der Waals surface area contributed by atoms with Gasteiger partial charge in [-0.05, 0) is 47.9 Å². The molecule has 0 spiro atoms. The third kappa shape index (κ3) is 4.40. The maximum absolute atomic E-state index is 13.3. The molecule has 0 N–H and O–H groups in total. The van der Waals surface area contributed by atoms with Gasteiger partial charge in [-0.2, -0.15) is 0 Å². The van der Waals surface area contributed by atoms with Gasteiger partial charge < -0.3 is 14.2 Å². The number of thiazole rings is 1. The van der Waals surface area contributed by atoms with Crippen LogP contribution in [-0.4, -0.2) is 43.9 Å². The van der Waals surface area contributed by atoms with E-state index in [9.17, 15) is 4.79 Å². The van der Waals surface area contributed by atoms with Gasteiger partial charge in [0.25, 0.3) is 5.91 Å². The van der Waals surface area contributed by atoms with Crippen LogP contribution in [0.4, 0.5) is 5.13 Å². The molecule has 0 saturated carbocycles. The molecule has 6 nitrogen and oxygen atoms in total. The summed E-state index contributed by atoms with van der Waals surface area (Å²) in [6, 6.07) is 19.7. The van der Waals surface area contributed by atoms with E-state index >= 15 is 0 Å². The van der Waals surface area contributed by atoms with Crippen molar-refractivity contribution < 1.29 is 19.0 Å². The number of carbonyl (C=O) groups is 1. The largest absolute Gasteiger partial charge is 0.497 e. The Morgan fingerprint density at radius 2 is 1.97 bits per heavy atom. The number of ether oxygens (including phenoxy) is 3. The molecular weight excluding hydrogens is 424 g/mol. The molecule has 3 aromatic carbocycles. The molecule has 32 heavy (non-hydrogen) atoms. The van der Waals surface area contributed by atoms with E-state index in [2.05, 4.69) is 6.07 Å². The second-order valence-electron chi connectivity index (χ2n) is 7.77. The molecule has 1 amide bonds. The fraction of sp³-hybridized carbons (Fsp3) is 0.280. The number of aromatic nitrogens is 1. The molecule has 1 fully saturated rings. The Balaban J connectivity index is 1.37. The van der Waals surface area contributed by atoms with Gasteiger partial charge in [0.2, 0.25) is 0 Å². The lowest BCUT2D eigenvalue weighted by atomic mass is 10.1. The van der Waals surface area contributed by atoms with E-state index in [-0.39, 0.29) is 18.6 Å². The number of carbonyl (C=O) groups excluding carboxylic acids is 1. The highest BCUT2D eigenvalue weighted by atomic mass is 32.1. The van der Waals surface area contributed by atoms with Crippen molar-refractivity contribution in [2.45, 2.75) is 18.9 Å². The topological polar surface area (TPSA) is 60.9 Å². The first kappa shape index (κ1) is 20.7. The summed E-state index contributed by atoms with van der Waals surface area (Å²) in [4.78, 5) is 19.7. The first-order valence-electron chi connectivity index (χ1n) is 10.7. The zero-order chi connectivity index (χ0) is 21.9. The Hall–Kier alpha value is -3.16. The molecule has 1 atom stereocenters. The third-order valence-electron chi connectivity index (χ3n) is 5.61. The fourth-order valence-corrected chi connectivity index (χ4v) is 4.87. The summed E-state index contributed by atoms with van der Waals surface area (Å²) < 4.78 is 18.0. The van der Waals surface area contributed by atoms with E-state index in [0.717, 1.165) is 46.2 Å². The van der Waals surface area contributed by atoms with Gasteiger partial charge in [-0.15, -0.1) is 0 Å². The maximum atomic E-state index is 13.3. The number of rotatable bonds is 7. The number of benzene rings is 3. The number of hydrogen-bond donors (Lipinski definition) is 0. The average molecular weight is 449 g/mol. The van der Waals surface area contributed by atoms with Crippen molar-refractivity contribution in [3.05, 3.63) is 60.7 Å². The lowest BCUT2D eigenvalue weighted by molar-refractivity contribution is -0.120. The van der Waals surface area contributed by atoms with Crippen LogP contribution in [0.25, 0.3) is 21.0 Å². The molecule has 7 heteroatoms. The molecule has 164 valence electrons. The Bertz CT molecular complexity index is 1250. The molecule has 1 aliphatic heterocycles. The minimum Gasteiger partial charge on any atom is -0.497 e. The smallest absolute Gasteiger partial charge is 0.266 e. The van der Waals surface area contributed by atoms with E-state index in [0.29, 0.717) is 17.4 Å². The van der Waals surface area contributed by atoms with Crippen molar-refractivity contribution >= 4 is 43.4 Å². The van der Waals surface area contributed by atoms with Crippen LogP contribution in [0.15, 0.2) is 60.7 Å². The summed E-state index contributed by atoms with van der Waals surface area (Å²) in [7, 11) is 1.63. The number of fused-ring (bicyclic) bond motifs is 2. The Kier molecular flexibility index (Phi) is 5.92. The summed E-state index contributed by atoms with van der Waals surface area (Å²) in [6.45, 7) is 1.14. The van der Waals surface area contributed by atoms with Gasteiger partial charge in [0.15, 0.2) is 11.7 Å². The van der Waals surface area contributed by atoms with E-state index in [1.54, 1.807) is 12.0 Å². The van der Waals surface area contributed by atoms with Gasteiger partial charge in [-0.1, -0.05) is 41.7 Å². The Morgan fingerprint density at radius 1 is 1.12 bits per heavy atom. The first-order valence-corrected chi connectivity index (χ1v) is 11.5. The van der Waals surface area contributed by atoms with Gasteiger partial charge in [-0.3, -0.25) is 9.69 Å². The quantitative estimate of drug-likeness (QED) is 0.396. The Morgan fingerprint density at radius 3 is 2.78 bits per heavy atom. The zero-order valence-electron chi connectivity index (χ0n) is 17.8. The van der Waals surface area contributed by atoms with E-state index in [1.807, 2.05) is 54.6 Å². The molecule has 0 radical (unpaired) electrons. The van der Waals surface area contributed by atoms with E-state index in [4.69, 9.17) is 19.2 Å². The van der Waals surface area contributed by atoms with Crippen LogP contribution in [0, 0.1) is 0 Å². The van der Waals surface area contributed by atoms with Crippen LogP contribution >= 0.6 is 11.3 Å². The second-order valence-corrected chi connectivity index (χ2v) is 8.78. The number of methoxy groups -OCH3 is 1. The van der Waals surface area contributed by atoms with Crippen molar-refractivity contribution in [3.63, 3.8) is 0 Å². The predicted molar refractivity (Wildman–Crippen MR) is 127 cm³/mol. The molecule has 1 unspecified atom stereocenters. The lowest BCUT2D eigenvalue weighted by Gasteiger charge is -2.23. The summed E-state index contributed by atoms with van der Waals surface area (Å²) >= 11 is 1.49. The van der Waals surface area contributed by atoms with Crippen LogP contribution < -0.4 is 14.4 Å². The SMILES string of the molecule is COc1ccc2sc(N(CC3CCCO3)C(=O)COc3ccc4ccccc4c3)nc2c1. The minimum absolute atomic E-state index is 0.0150. The molecule has 4 aromatic rings. The highest BCUT2D eigenvalue weighted by molar-refractivity contribution is 7.22. The zero-order valence-corrected chi connectivity index (χ0v) is 18.6. The average Bonchev–Trinajstić information content (AvgIpc) is 3.49. The number of anilines is 1. The lowest BCUT2D eigenvalue weighted by Crippen LogP contribution is -2.40. The van der Waals surface area contributed by atoms with Crippen molar-refractivity contribution in [1.29, 1.82) is 0 Å². The maximum Gasteiger partial charge on any atom is 0.266 e. The Labute approximate surface area is 190 Å². The van der Waals surface area contributed by atoms with Crippen molar-refractivity contribution in [2.75, 3.05) is 31.8 Å². The van der Waals surface area contributed by atoms with Crippen LogP contribution in [0.1, 0.15) is 12.8 Å². The van der Waals surface area contributed by atoms with Gasteiger partial charge in [0.1, 0.15) is 11.5 Å². The highest BCUT2D eigenvalue weighted by Crippen LogP contribution is 2.32. The third-order valence-corrected chi connectivity index (χ3v) is 6.67. The van der Waals surface area contributed by atoms with Gasteiger partial charge in [0, 0.05) is 12.7 Å². The molecule has 2 heterocycles. The van der Waals surface area contributed by atoms with Crippen LogP contribution in [0.5, 0.6) is 11.5 Å². The van der Waals surface area contributed by atoms with Crippen molar-refractivity contribution in [2.24, 2.45) is 0 Å². The van der Waals surface area contributed by atoms with Crippen LogP contribution in [0.2, 0.25) is 0 Å². The number of nitrogens with zero attached hydrogens (tertiary/aromatic N) is 2. The van der Waals surface area contributed by atoms with Gasteiger partial charge in [-0.25, -0.2) is 4.98 Å². The van der Waals surface area contributed by atoms with Crippen molar-refractivity contribution in [1.82, 2.24) is 4.98 Å². The predicted octanol–water partition coefficient (Wildman–Crippen LogP) is 5.05. The molecular formula is C25H24N2O4S. The molecule has 1 aromatic heterocycles. The molecule has 0 aliphatic carbocycles. The van der Waals surface area contributed by atoms with Gasteiger partial charge >= 0.3 is 0 Å². The summed E-state index contributed by atoms with van der Waals surface area (Å²) in [5.41, 5.74) is 0.810. The summed E-state index contributed by atoms with van der Waals surface area (Å²) in [5, 5.41) is 2.86. The van der Waals surface area contributed by atoms with E-state index in [1.165, 1.54) is 11.3 Å². The first-order chi connectivity index (χ1) is 15.7. The highest BCUT2D eigenvalue weighted by Gasteiger charge is 2.26. The molecule has 1 aliphatic rings. The number of amides is 1. The normalized spacial score (nSPS) is 15.8. The van der Waals surface area contributed by atoms with Crippen LogP contribution in [-0.2, 0) is 9.53 Å². The molecule has 1 saturated heterocycles. The molecule has 0 bridgehead atoms. The second kappa shape index (κ2) is 9.14. The standard InChI is InChI=1S/C25H24N2O4S/c1-29-19-10-11-23-22(14-19)26-25(32-23)27(15-21-7-4-12-30-21)24(28)16-31-20-9-8-17-5-2-3-6-18(17)13-20/h2-3,5-6,8-11,13-14,21H,4,7,12,15-16H2,1H3.